The van der Waals surface area contributed by atoms with E-state index >= 15 is 0 Å². The summed E-state index contributed by atoms with van der Waals surface area (Å²) in [4.78, 5) is 19.3. The molecule has 1 saturated heterocycles. The Balaban J connectivity index is 1.47. The van der Waals surface area contributed by atoms with Gasteiger partial charge >= 0.3 is 0 Å². The normalized spacial score (nSPS) is 20.9. The third-order valence-corrected chi connectivity index (χ3v) is 5.15. The molecule has 1 amide bonds. The van der Waals surface area contributed by atoms with Gasteiger partial charge in [-0.2, -0.15) is 0 Å². The zero-order chi connectivity index (χ0) is 17.1. The van der Waals surface area contributed by atoms with E-state index in [0.29, 0.717) is 23.2 Å². The van der Waals surface area contributed by atoms with E-state index in [4.69, 9.17) is 4.74 Å². The Hall–Kier alpha value is -2.40. The highest BCUT2D eigenvalue weighted by Crippen LogP contribution is 2.33. The first-order valence-electron chi connectivity index (χ1n) is 9.05. The summed E-state index contributed by atoms with van der Waals surface area (Å²) in [5, 5.41) is 3.08. The van der Waals surface area contributed by atoms with Crippen LogP contribution in [0.15, 0.2) is 48.8 Å². The standard InChI is InChI=1S/C20H23N3O2/c24-20(18-10-5-13-23(18)15-6-3-7-15)22-17-9-1-2-11-19(17)25-16-8-4-12-21-14-16/h1-2,4,8-9,11-12,14-15,18H,3,5-7,10,13H2,(H,22,24)/t18-/m1/s1. The lowest BCUT2D eigenvalue weighted by molar-refractivity contribution is -0.121. The first-order chi connectivity index (χ1) is 12.3. The summed E-state index contributed by atoms with van der Waals surface area (Å²) in [6, 6.07) is 11.8. The Morgan fingerprint density at radius 2 is 2.00 bits per heavy atom. The molecule has 4 rings (SSSR count). The van der Waals surface area contributed by atoms with Crippen molar-refractivity contribution in [3.63, 3.8) is 0 Å². The van der Waals surface area contributed by atoms with Crippen molar-refractivity contribution in [3.05, 3.63) is 48.8 Å². The summed E-state index contributed by atoms with van der Waals surface area (Å²) in [5.41, 5.74) is 0.705. The van der Waals surface area contributed by atoms with Gasteiger partial charge in [0.1, 0.15) is 5.75 Å². The maximum Gasteiger partial charge on any atom is 0.241 e. The zero-order valence-corrected chi connectivity index (χ0v) is 14.2. The molecule has 2 heterocycles. The number of nitrogens with zero attached hydrogens (tertiary/aromatic N) is 2. The van der Waals surface area contributed by atoms with E-state index in [1.165, 1.54) is 19.3 Å². The van der Waals surface area contributed by atoms with Crippen molar-refractivity contribution in [2.24, 2.45) is 0 Å². The van der Waals surface area contributed by atoms with Gasteiger partial charge in [-0.05, 0) is 56.5 Å². The van der Waals surface area contributed by atoms with E-state index in [9.17, 15) is 4.79 Å². The van der Waals surface area contributed by atoms with Gasteiger partial charge in [-0.15, -0.1) is 0 Å². The minimum atomic E-state index is -0.0169. The molecule has 2 aliphatic rings. The van der Waals surface area contributed by atoms with E-state index in [2.05, 4.69) is 15.2 Å². The van der Waals surface area contributed by atoms with Crippen molar-refractivity contribution in [1.29, 1.82) is 0 Å². The predicted octanol–water partition coefficient (Wildman–Crippen LogP) is 3.83. The second-order valence-corrected chi connectivity index (χ2v) is 6.76. The Labute approximate surface area is 148 Å². The molecule has 1 saturated carbocycles. The Morgan fingerprint density at radius 3 is 2.76 bits per heavy atom. The quantitative estimate of drug-likeness (QED) is 0.901. The molecule has 5 nitrogen and oxygen atoms in total. The third-order valence-electron chi connectivity index (χ3n) is 5.15. The number of carbonyl (C=O) groups is 1. The van der Waals surface area contributed by atoms with Crippen molar-refractivity contribution >= 4 is 11.6 Å². The van der Waals surface area contributed by atoms with E-state index in [1.807, 2.05) is 36.4 Å². The summed E-state index contributed by atoms with van der Waals surface area (Å²) in [5.74, 6) is 1.37. The first-order valence-corrected chi connectivity index (χ1v) is 9.05. The van der Waals surface area contributed by atoms with Gasteiger partial charge in [0, 0.05) is 12.2 Å². The minimum absolute atomic E-state index is 0.0169. The lowest BCUT2D eigenvalue weighted by Gasteiger charge is -2.38. The zero-order valence-electron chi connectivity index (χ0n) is 14.2. The van der Waals surface area contributed by atoms with Gasteiger partial charge in [0.25, 0.3) is 0 Å². The Kier molecular flexibility index (Phi) is 4.65. The number of rotatable bonds is 5. The fourth-order valence-corrected chi connectivity index (χ4v) is 3.64. The second-order valence-electron chi connectivity index (χ2n) is 6.76. The fourth-order valence-electron chi connectivity index (χ4n) is 3.64. The van der Waals surface area contributed by atoms with Gasteiger partial charge < -0.3 is 10.1 Å². The topological polar surface area (TPSA) is 54.5 Å². The smallest absolute Gasteiger partial charge is 0.241 e. The first kappa shape index (κ1) is 16.1. The number of hydrogen-bond donors (Lipinski definition) is 1. The summed E-state index contributed by atoms with van der Waals surface area (Å²) >= 11 is 0. The molecule has 1 N–H and O–H groups in total. The van der Waals surface area contributed by atoms with Gasteiger partial charge in [0.2, 0.25) is 5.91 Å². The number of hydrogen-bond acceptors (Lipinski definition) is 4. The van der Waals surface area contributed by atoms with Crippen LogP contribution in [0.3, 0.4) is 0 Å². The number of carbonyl (C=O) groups excluding carboxylic acids is 1. The summed E-state index contributed by atoms with van der Waals surface area (Å²) in [6.07, 6.45) is 9.15. The average Bonchev–Trinajstić information content (AvgIpc) is 3.05. The highest BCUT2D eigenvalue weighted by atomic mass is 16.5. The van der Waals surface area contributed by atoms with Crippen LogP contribution in [-0.4, -0.2) is 34.4 Å². The van der Waals surface area contributed by atoms with Crippen LogP contribution in [0.4, 0.5) is 5.69 Å². The van der Waals surface area contributed by atoms with E-state index < -0.39 is 0 Å². The van der Waals surface area contributed by atoms with E-state index in [-0.39, 0.29) is 11.9 Å². The van der Waals surface area contributed by atoms with Crippen LogP contribution in [0, 0.1) is 0 Å². The minimum Gasteiger partial charge on any atom is -0.454 e. The highest BCUT2D eigenvalue weighted by Gasteiger charge is 2.37. The predicted molar refractivity (Wildman–Crippen MR) is 96.7 cm³/mol. The maximum absolute atomic E-state index is 12.9. The van der Waals surface area contributed by atoms with Crippen molar-refractivity contribution in [1.82, 2.24) is 9.88 Å². The molecule has 130 valence electrons. The van der Waals surface area contributed by atoms with Gasteiger partial charge in [-0.25, -0.2) is 0 Å². The molecule has 2 aromatic rings. The number of ether oxygens (including phenoxy) is 1. The van der Waals surface area contributed by atoms with Crippen LogP contribution >= 0.6 is 0 Å². The number of pyridine rings is 1. The maximum atomic E-state index is 12.9. The number of benzene rings is 1. The molecule has 1 atom stereocenters. The second kappa shape index (κ2) is 7.23. The summed E-state index contributed by atoms with van der Waals surface area (Å²) in [7, 11) is 0. The largest absolute Gasteiger partial charge is 0.454 e. The molecule has 1 aromatic heterocycles. The van der Waals surface area contributed by atoms with Gasteiger partial charge in [-0.1, -0.05) is 18.6 Å². The molecule has 2 fully saturated rings. The molecular formula is C20H23N3O2. The highest BCUT2D eigenvalue weighted by molar-refractivity contribution is 5.96. The number of para-hydroxylation sites is 2. The molecule has 0 spiro atoms. The van der Waals surface area contributed by atoms with Crippen LogP contribution in [-0.2, 0) is 4.79 Å². The van der Waals surface area contributed by atoms with Crippen molar-refractivity contribution < 1.29 is 9.53 Å². The number of nitrogens with one attached hydrogen (secondary N) is 1. The number of amides is 1. The van der Waals surface area contributed by atoms with Gasteiger partial charge in [-0.3, -0.25) is 14.7 Å². The van der Waals surface area contributed by atoms with Crippen molar-refractivity contribution in [2.75, 3.05) is 11.9 Å². The lowest BCUT2D eigenvalue weighted by atomic mass is 9.91. The Morgan fingerprint density at radius 1 is 1.12 bits per heavy atom. The number of aromatic nitrogens is 1. The number of likely N-dealkylation sites (tertiary alicyclic amines) is 1. The molecule has 25 heavy (non-hydrogen) atoms. The molecule has 5 heteroatoms. The number of anilines is 1. The summed E-state index contributed by atoms with van der Waals surface area (Å²) < 4.78 is 5.89. The summed E-state index contributed by atoms with van der Waals surface area (Å²) in [6.45, 7) is 1.04. The molecular weight excluding hydrogens is 314 g/mol. The van der Waals surface area contributed by atoms with Gasteiger partial charge in [0.15, 0.2) is 5.75 Å². The molecule has 1 aromatic carbocycles. The average molecular weight is 337 g/mol. The SMILES string of the molecule is O=C(Nc1ccccc1Oc1cccnc1)[C@H]1CCCN1C1CCC1. The molecule has 1 aliphatic carbocycles. The Bertz CT molecular complexity index is 731. The molecule has 1 aliphatic heterocycles. The molecule has 0 unspecified atom stereocenters. The van der Waals surface area contributed by atoms with Gasteiger partial charge in [0.05, 0.1) is 17.9 Å². The van der Waals surface area contributed by atoms with E-state index in [1.54, 1.807) is 12.4 Å². The van der Waals surface area contributed by atoms with Crippen molar-refractivity contribution in [2.45, 2.75) is 44.2 Å². The van der Waals surface area contributed by atoms with Crippen LogP contribution in [0.5, 0.6) is 11.5 Å². The van der Waals surface area contributed by atoms with Crippen LogP contribution in [0.1, 0.15) is 32.1 Å². The van der Waals surface area contributed by atoms with Crippen LogP contribution in [0.25, 0.3) is 0 Å². The molecule has 0 bridgehead atoms. The van der Waals surface area contributed by atoms with Crippen LogP contribution < -0.4 is 10.1 Å². The lowest BCUT2D eigenvalue weighted by Crippen LogP contribution is -2.48. The monoisotopic (exact) mass is 337 g/mol. The third kappa shape index (κ3) is 3.51. The molecule has 0 radical (unpaired) electrons. The van der Waals surface area contributed by atoms with Crippen molar-refractivity contribution in [3.8, 4) is 11.5 Å². The van der Waals surface area contributed by atoms with E-state index in [0.717, 1.165) is 19.4 Å². The van der Waals surface area contributed by atoms with Crippen LogP contribution in [0.2, 0.25) is 0 Å². The fraction of sp³-hybridized carbons (Fsp3) is 0.400.